The number of aliphatic imine (C=N–C) groups is 1. The van der Waals surface area contributed by atoms with Crippen molar-refractivity contribution < 1.29 is 8.42 Å². The number of likely N-dealkylation sites (N-methyl/N-ethyl adjacent to an activating group) is 1. The second-order valence-electron chi connectivity index (χ2n) is 5.30. The van der Waals surface area contributed by atoms with Gasteiger partial charge in [-0.15, -0.1) is 11.3 Å². The maximum absolute atomic E-state index is 12.3. The SMILES string of the molecule is CCNC(=NCCN(C)S(=O)(=O)c1cccs1)NC1CC=CC1. The first-order valence-corrected chi connectivity index (χ1v) is 10.1. The van der Waals surface area contributed by atoms with Crippen LogP contribution >= 0.6 is 11.3 Å². The molecule has 0 spiro atoms. The van der Waals surface area contributed by atoms with Crippen molar-refractivity contribution in [2.75, 3.05) is 26.7 Å². The fourth-order valence-corrected chi connectivity index (χ4v) is 4.60. The van der Waals surface area contributed by atoms with Crippen LogP contribution in [0.15, 0.2) is 38.9 Å². The Morgan fingerprint density at radius 3 is 2.78 bits per heavy atom. The van der Waals surface area contributed by atoms with Crippen LogP contribution in [0.4, 0.5) is 0 Å². The number of nitrogens with one attached hydrogen (secondary N) is 2. The topological polar surface area (TPSA) is 73.8 Å². The fourth-order valence-electron chi connectivity index (χ4n) is 2.24. The molecule has 1 aliphatic carbocycles. The van der Waals surface area contributed by atoms with Crippen LogP contribution in [0.25, 0.3) is 0 Å². The zero-order chi connectivity index (χ0) is 16.7. The van der Waals surface area contributed by atoms with Crippen molar-refractivity contribution in [3.8, 4) is 0 Å². The molecule has 0 fully saturated rings. The zero-order valence-corrected chi connectivity index (χ0v) is 15.2. The van der Waals surface area contributed by atoms with Crippen molar-refractivity contribution in [1.82, 2.24) is 14.9 Å². The Morgan fingerprint density at radius 1 is 1.43 bits per heavy atom. The van der Waals surface area contributed by atoms with Crippen LogP contribution in [-0.2, 0) is 10.0 Å². The number of thiophene rings is 1. The minimum absolute atomic E-state index is 0.347. The molecule has 0 unspecified atom stereocenters. The van der Waals surface area contributed by atoms with Crippen molar-refractivity contribution in [3.63, 3.8) is 0 Å². The maximum atomic E-state index is 12.3. The molecule has 2 rings (SSSR count). The summed E-state index contributed by atoms with van der Waals surface area (Å²) in [5.74, 6) is 0.739. The molecule has 2 N–H and O–H groups in total. The van der Waals surface area contributed by atoms with Crippen LogP contribution in [0.5, 0.6) is 0 Å². The molecule has 1 aromatic rings. The Hall–Kier alpha value is -1.38. The van der Waals surface area contributed by atoms with Crippen LogP contribution in [0.1, 0.15) is 19.8 Å². The molecule has 23 heavy (non-hydrogen) atoms. The van der Waals surface area contributed by atoms with Crippen molar-refractivity contribution in [1.29, 1.82) is 0 Å². The van der Waals surface area contributed by atoms with E-state index in [1.54, 1.807) is 24.6 Å². The molecular formula is C15H24N4O2S2. The van der Waals surface area contributed by atoms with Crippen LogP contribution < -0.4 is 10.6 Å². The van der Waals surface area contributed by atoms with Crippen LogP contribution in [0.3, 0.4) is 0 Å². The largest absolute Gasteiger partial charge is 0.357 e. The highest BCUT2D eigenvalue weighted by Crippen LogP contribution is 2.19. The summed E-state index contributed by atoms with van der Waals surface area (Å²) in [4.78, 5) is 4.48. The number of hydrogen-bond donors (Lipinski definition) is 2. The molecule has 0 aromatic carbocycles. The third kappa shape index (κ3) is 5.05. The third-order valence-electron chi connectivity index (χ3n) is 3.54. The average molecular weight is 357 g/mol. The van der Waals surface area contributed by atoms with E-state index in [-0.39, 0.29) is 0 Å². The van der Waals surface area contributed by atoms with Gasteiger partial charge in [-0.1, -0.05) is 18.2 Å². The second-order valence-corrected chi connectivity index (χ2v) is 8.52. The van der Waals surface area contributed by atoms with Crippen molar-refractivity contribution >= 4 is 27.3 Å². The summed E-state index contributed by atoms with van der Waals surface area (Å²) in [6, 6.07) is 3.74. The van der Waals surface area contributed by atoms with E-state index < -0.39 is 10.0 Å². The van der Waals surface area contributed by atoms with Gasteiger partial charge in [-0.25, -0.2) is 8.42 Å². The summed E-state index contributed by atoms with van der Waals surface area (Å²) >= 11 is 1.23. The van der Waals surface area contributed by atoms with Crippen LogP contribution in [0, 0.1) is 0 Å². The Bertz CT molecular complexity index is 630. The van der Waals surface area contributed by atoms with Crippen molar-refractivity contribution in [2.24, 2.45) is 4.99 Å². The molecule has 0 aliphatic heterocycles. The molecule has 6 nitrogen and oxygen atoms in total. The molecule has 1 aromatic heterocycles. The molecule has 0 saturated carbocycles. The molecule has 0 bridgehead atoms. The fraction of sp³-hybridized carbons (Fsp3) is 0.533. The van der Waals surface area contributed by atoms with Gasteiger partial charge in [-0.05, 0) is 31.2 Å². The summed E-state index contributed by atoms with van der Waals surface area (Å²) in [6.45, 7) is 3.54. The van der Waals surface area contributed by atoms with Gasteiger partial charge in [0.2, 0.25) is 0 Å². The quantitative estimate of drug-likeness (QED) is 0.442. The lowest BCUT2D eigenvalue weighted by Gasteiger charge is -2.18. The molecule has 0 saturated heterocycles. The van der Waals surface area contributed by atoms with Crippen molar-refractivity contribution in [2.45, 2.75) is 30.0 Å². The predicted molar refractivity (Wildman–Crippen MR) is 95.4 cm³/mol. The van der Waals surface area contributed by atoms with Gasteiger partial charge in [0.25, 0.3) is 10.0 Å². The Morgan fingerprint density at radius 2 is 2.17 bits per heavy atom. The van der Waals surface area contributed by atoms with Gasteiger partial charge >= 0.3 is 0 Å². The smallest absolute Gasteiger partial charge is 0.252 e. The van der Waals surface area contributed by atoms with Crippen molar-refractivity contribution in [3.05, 3.63) is 29.7 Å². The first-order valence-electron chi connectivity index (χ1n) is 7.73. The van der Waals surface area contributed by atoms with E-state index in [0.29, 0.717) is 23.3 Å². The van der Waals surface area contributed by atoms with Gasteiger partial charge in [-0.2, -0.15) is 4.31 Å². The minimum atomic E-state index is -3.40. The number of sulfonamides is 1. The molecule has 0 atom stereocenters. The highest BCUT2D eigenvalue weighted by Gasteiger charge is 2.21. The van der Waals surface area contributed by atoms with Crippen LogP contribution in [0.2, 0.25) is 0 Å². The number of rotatable bonds is 7. The Labute approximate surface area is 142 Å². The normalized spacial score (nSPS) is 16.2. The van der Waals surface area contributed by atoms with Gasteiger partial charge in [0, 0.05) is 26.2 Å². The zero-order valence-electron chi connectivity index (χ0n) is 13.5. The third-order valence-corrected chi connectivity index (χ3v) is 6.77. The van der Waals surface area contributed by atoms with E-state index in [2.05, 4.69) is 27.8 Å². The molecular weight excluding hydrogens is 332 g/mol. The summed E-state index contributed by atoms with van der Waals surface area (Å²) in [7, 11) is -1.81. The first-order chi connectivity index (χ1) is 11.0. The van der Waals surface area contributed by atoms with E-state index in [0.717, 1.165) is 25.3 Å². The Balaban J connectivity index is 1.89. The highest BCUT2D eigenvalue weighted by molar-refractivity contribution is 7.91. The maximum Gasteiger partial charge on any atom is 0.252 e. The monoisotopic (exact) mass is 356 g/mol. The summed E-state index contributed by atoms with van der Waals surface area (Å²) in [6.07, 6.45) is 6.30. The molecule has 8 heteroatoms. The molecule has 0 amide bonds. The van der Waals surface area contributed by atoms with E-state index in [1.807, 2.05) is 6.92 Å². The predicted octanol–water partition coefficient (Wildman–Crippen LogP) is 1.64. The minimum Gasteiger partial charge on any atom is -0.357 e. The van der Waals surface area contributed by atoms with E-state index >= 15 is 0 Å². The number of guanidine groups is 1. The molecule has 0 radical (unpaired) electrons. The lowest BCUT2D eigenvalue weighted by atomic mass is 10.2. The second kappa shape index (κ2) is 8.47. The van der Waals surface area contributed by atoms with Gasteiger partial charge in [0.15, 0.2) is 5.96 Å². The highest BCUT2D eigenvalue weighted by atomic mass is 32.2. The van der Waals surface area contributed by atoms with E-state index in [1.165, 1.54) is 15.6 Å². The standard InChI is InChI=1S/C15H24N4O2S2/c1-3-16-15(18-13-7-4-5-8-13)17-10-11-19(2)23(20,21)14-9-6-12-22-14/h4-6,9,12-13H,3,7-8,10-11H2,1-2H3,(H2,16,17,18). The Kier molecular flexibility index (Phi) is 6.61. The first kappa shape index (κ1) is 18.0. The summed E-state index contributed by atoms with van der Waals surface area (Å²) in [5.41, 5.74) is 0. The molecule has 1 heterocycles. The molecule has 1 aliphatic rings. The molecule has 128 valence electrons. The summed E-state index contributed by atoms with van der Waals surface area (Å²) < 4.78 is 26.4. The van der Waals surface area contributed by atoms with Gasteiger partial charge in [0.05, 0.1) is 6.54 Å². The number of nitrogens with zero attached hydrogens (tertiary/aromatic N) is 2. The van der Waals surface area contributed by atoms with Crippen LogP contribution in [-0.4, -0.2) is 51.4 Å². The lowest BCUT2D eigenvalue weighted by Crippen LogP contribution is -2.43. The lowest BCUT2D eigenvalue weighted by molar-refractivity contribution is 0.478. The average Bonchev–Trinajstić information content (AvgIpc) is 3.20. The van der Waals surface area contributed by atoms with Gasteiger partial charge in [-0.3, -0.25) is 4.99 Å². The van der Waals surface area contributed by atoms with Gasteiger partial charge in [0.1, 0.15) is 4.21 Å². The summed E-state index contributed by atoms with van der Waals surface area (Å²) in [5, 5.41) is 8.33. The van der Waals surface area contributed by atoms with E-state index in [9.17, 15) is 8.42 Å². The van der Waals surface area contributed by atoms with Gasteiger partial charge < -0.3 is 10.6 Å². The number of hydrogen-bond acceptors (Lipinski definition) is 4. The van der Waals surface area contributed by atoms with E-state index in [4.69, 9.17) is 0 Å².